The van der Waals surface area contributed by atoms with E-state index in [9.17, 15) is 14.4 Å². The lowest BCUT2D eigenvalue weighted by Gasteiger charge is -2.34. The summed E-state index contributed by atoms with van der Waals surface area (Å²) in [6.07, 6.45) is 1.48. The van der Waals surface area contributed by atoms with Crippen LogP contribution in [-0.2, 0) is 16.2 Å². The quantitative estimate of drug-likeness (QED) is 0.133. The smallest absolute Gasteiger partial charge is 0.343 e. The molecule has 194 valence electrons. The average Bonchev–Trinajstić information content (AvgIpc) is 2.96. The number of urea groups is 1. The summed E-state index contributed by atoms with van der Waals surface area (Å²) in [6.45, 7) is 0.352. The highest BCUT2D eigenvalue weighted by atomic mass is 127. The number of hydrogen-bond acceptors (Lipinski definition) is 5. The first-order chi connectivity index (χ1) is 19.0. The molecular weight excluding hydrogens is 607 g/mol. The second-order valence-electron chi connectivity index (χ2n) is 8.60. The molecule has 0 saturated carbocycles. The lowest BCUT2D eigenvalue weighted by molar-refractivity contribution is -0.121. The van der Waals surface area contributed by atoms with Gasteiger partial charge in [0.05, 0.1) is 22.1 Å². The van der Waals surface area contributed by atoms with Crippen molar-refractivity contribution in [1.82, 2.24) is 0 Å². The molecule has 0 spiro atoms. The number of para-hydroxylation sites is 2. The number of ether oxygens (including phenoxy) is 2. The van der Waals surface area contributed by atoms with Crippen molar-refractivity contribution in [2.75, 3.05) is 16.9 Å². The van der Waals surface area contributed by atoms with Crippen molar-refractivity contribution in [2.24, 2.45) is 0 Å². The van der Waals surface area contributed by atoms with Crippen molar-refractivity contribution in [3.8, 4) is 11.5 Å². The summed E-state index contributed by atoms with van der Waals surface area (Å²) in [7, 11) is 1.53. The molecule has 4 aromatic rings. The van der Waals surface area contributed by atoms with Crippen LogP contribution in [0.25, 0.3) is 6.08 Å². The molecule has 1 heterocycles. The molecule has 8 heteroatoms. The molecule has 0 radical (unpaired) electrons. The van der Waals surface area contributed by atoms with Gasteiger partial charge in [0.15, 0.2) is 11.5 Å². The van der Waals surface area contributed by atoms with E-state index in [0.29, 0.717) is 35.0 Å². The van der Waals surface area contributed by atoms with Crippen LogP contribution < -0.4 is 19.3 Å². The van der Waals surface area contributed by atoms with Gasteiger partial charge in [-0.2, -0.15) is 0 Å². The summed E-state index contributed by atoms with van der Waals surface area (Å²) in [5.74, 6) is -0.405. The number of hydrogen-bond donors (Lipinski definition) is 0. The molecule has 1 saturated heterocycles. The van der Waals surface area contributed by atoms with Gasteiger partial charge in [-0.3, -0.25) is 9.59 Å². The van der Waals surface area contributed by atoms with Gasteiger partial charge in [-0.05, 0) is 76.2 Å². The molecular formula is C31H23IN2O5. The fourth-order valence-corrected chi connectivity index (χ4v) is 4.98. The molecule has 4 amide bonds. The summed E-state index contributed by atoms with van der Waals surface area (Å²) < 4.78 is 12.4. The topological polar surface area (TPSA) is 76.2 Å². The summed E-state index contributed by atoms with van der Waals surface area (Å²) in [5, 5.41) is 0. The number of nitrogens with zero attached hydrogens (tertiary/aromatic N) is 2. The van der Waals surface area contributed by atoms with E-state index in [-0.39, 0.29) is 5.57 Å². The van der Waals surface area contributed by atoms with Crippen molar-refractivity contribution in [1.29, 1.82) is 0 Å². The Morgan fingerprint density at radius 1 is 0.744 bits per heavy atom. The third-order valence-corrected chi connectivity index (χ3v) is 6.87. The lowest BCUT2D eigenvalue weighted by atomic mass is 10.0. The number of amides is 4. The molecule has 0 aliphatic carbocycles. The fourth-order valence-electron chi connectivity index (χ4n) is 4.20. The van der Waals surface area contributed by atoms with Crippen molar-refractivity contribution < 1.29 is 23.9 Å². The number of halogens is 1. The molecule has 0 aromatic heterocycles. The van der Waals surface area contributed by atoms with Crippen LogP contribution in [0.5, 0.6) is 11.5 Å². The Kier molecular flexibility index (Phi) is 7.74. The number of rotatable bonds is 7. The maximum Gasteiger partial charge on any atom is 0.343 e. The highest BCUT2D eigenvalue weighted by Crippen LogP contribution is 2.36. The minimum atomic E-state index is -0.739. The Hall–Kier alpha value is -4.44. The minimum Gasteiger partial charge on any atom is -0.493 e. The Bertz CT molecular complexity index is 1490. The highest BCUT2D eigenvalue weighted by molar-refractivity contribution is 14.1. The summed E-state index contributed by atoms with van der Waals surface area (Å²) in [4.78, 5) is 42.8. The van der Waals surface area contributed by atoms with Gasteiger partial charge < -0.3 is 9.47 Å². The Labute approximate surface area is 239 Å². The largest absolute Gasteiger partial charge is 0.493 e. The zero-order valence-corrected chi connectivity index (χ0v) is 23.1. The average molecular weight is 630 g/mol. The molecule has 0 bridgehead atoms. The van der Waals surface area contributed by atoms with Crippen molar-refractivity contribution >= 4 is 57.9 Å². The standard InChI is InChI=1S/C31H23IN2O5/c1-38-27-19-22(18-26(32)28(27)39-20-21-11-5-2-6-12-21)17-25-29(35)33(23-13-7-3-8-14-23)31(37)34(30(25)36)24-15-9-4-10-16-24/h2-19H,20H2,1H3. The van der Waals surface area contributed by atoms with Gasteiger partial charge in [0.25, 0.3) is 11.8 Å². The van der Waals surface area contributed by atoms with Gasteiger partial charge in [-0.1, -0.05) is 66.7 Å². The van der Waals surface area contributed by atoms with Crippen molar-refractivity contribution in [3.05, 3.63) is 123 Å². The zero-order chi connectivity index (χ0) is 27.4. The number of carbonyl (C=O) groups excluding carboxylic acids is 3. The molecule has 0 N–H and O–H groups in total. The van der Waals surface area contributed by atoms with Gasteiger partial charge in [-0.25, -0.2) is 14.6 Å². The highest BCUT2D eigenvalue weighted by Gasteiger charge is 2.43. The van der Waals surface area contributed by atoms with Crippen LogP contribution >= 0.6 is 22.6 Å². The molecule has 5 rings (SSSR count). The molecule has 1 aliphatic rings. The predicted octanol–water partition coefficient (Wildman–Crippen LogP) is 6.46. The van der Waals surface area contributed by atoms with E-state index in [1.54, 1.807) is 72.8 Å². The first kappa shape index (κ1) is 26.2. The van der Waals surface area contributed by atoms with Crippen LogP contribution in [0.3, 0.4) is 0 Å². The van der Waals surface area contributed by atoms with E-state index in [1.807, 2.05) is 30.3 Å². The Balaban J connectivity index is 1.55. The SMILES string of the molecule is COc1cc(C=C2C(=O)N(c3ccccc3)C(=O)N(c3ccccc3)C2=O)cc(I)c1OCc1ccccc1. The number of barbiturate groups is 1. The van der Waals surface area contributed by atoms with Crippen molar-refractivity contribution in [3.63, 3.8) is 0 Å². The first-order valence-electron chi connectivity index (χ1n) is 12.1. The summed E-state index contributed by atoms with van der Waals surface area (Å²) >= 11 is 2.13. The number of anilines is 2. The maximum atomic E-state index is 13.6. The Morgan fingerprint density at radius 3 is 1.77 bits per heavy atom. The number of imide groups is 2. The van der Waals surface area contributed by atoms with Crippen LogP contribution in [0.2, 0.25) is 0 Å². The van der Waals surface area contributed by atoms with Gasteiger partial charge >= 0.3 is 6.03 Å². The molecule has 0 unspecified atom stereocenters. The number of methoxy groups -OCH3 is 1. The van der Waals surface area contributed by atoms with E-state index in [1.165, 1.54) is 13.2 Å². The van der Waals surface area contributed by atoms with Crippen LogP contribution in [-0.4, -0.2) is 25.0 Å². The van der Waals surface area contributed by atoms with Crippen molar-refractivity contribution in [2.45, 2.75) is 6.61 Å². The van der Waals surface area contributed by atoms with E-state index in [0.717, 1.165) is 18.9 Å². The maximum absolute atomic E-state index is 13.6. The normalized spacial score (nSPS) is 13.5. The van der Waals surface area contributed by atoms with Crippen LogP contribution in [0.15, 0.2) is 109 Å². The van der Waals surface area contributed by atoms with E-state index >= 15 is 0 Å². The number of carbonyl (C=O) groups is 3. The van der Waals surface area contributed by atoms with Crippen LogP contribution in [0, 0.1) is 3.57 Å². The molecule has 1 aliphatic heterocycles. The molecule has 39 heavy (non-hydrogen) atoms. The predicted molar refractivity (Wildman–Crippen MR) is 158 cm³/mol. The first-order valence-corrected chi connectivity index (χ1v) is 13.1. The van der Waals surface area contributed by atoms with Gasteiger partial charge in [0.2, 0.25) is 0 Å². The molecule has 7 nitrogen and oxygen atoms in total. The minimum absolute atomic E-state index is 0.155. The van der Waals surface area contributed by atoms with Crippen LogP contribution in [0.4, 0.5) is 16.2 Å². The molecule has 1 fully saturated rings. The molecule has 4 aromatic carbocycles. The monoisotopic (exact) mass is 630 g/mol. The van der Waals surface area contributed by atoms with Gasteiger partial charge in [0.1, 0.15) is 12.2 Å². The second kappa shape index (κ2) is 11.5. The second-order valence-corrected chi connectivity index (χ2v) is 9.76. The zero-order valence-electron chi connectivity index (χ0n) is 20.9. The third-order valence-electron chi connectivity index (χ3n) is 6.07. The van der Waals surface area contributed by atoms with E-state index in [4.69, 9.17) is 9.47 Å². The van der Waals surface area contributed by atoms with E-state index < -0.39 is 17.8 Å². The Morgan fingerprint density at radius 2 is 1.26 bits per heavy atom. The number of benzene rings is 4. The lowest BCUT2D eigenvalue weighted by Crippen LogP contribution is -2.57. The summed E-state index contributed by atoms with van der Waals surface area (Å²) in [6, 6.07) is 29.6. The van der Waals surface area contributed by atoms with Gasteiger partial charge in [-0.15, -0.1) is 0 Å². The van der Waals surface area contributed by atoms with Gasteiger partial charge in [0, 0.05) is 0 Å². The fraction of sp³-hybridized carbons (Fsp3) is 0.0645. The summed E-state index contributed by atoms with van der Waals surface area (Å²) in [5.41, 5.74) is 2.13. The van der Waals surface area contributed by atoms with Crippen LogP contribution in [0.1, 0.15) is 11.1 Å². The molecule has 0 atom stereocenters. The van der Waals surface area contributed by atoms with E-state index in [2.05, 4.69) is 22.6 Å². The third kappa shape index (κ3) is 5.42.